The van der Waals surface area contributed by atoms with Crippen molar-refractivity contribution in [1.82, 2.24) is 9.80 Å². The second-order valence-electron chi connectivity index (χ2n) is 7.05. The second kappa shape index (κ2) is 8.49. The summed E-state index contributed by atoms with van der Waals surface area (Å²) in [7, 11) is 0. The summed E-state index contributed by atoms with van der Waals surface area (Å²) in [6.45, 7) is 4.04. The zero-order chi connectivity index (χ0) is 19.5. The first-order valence-electron chi connectivity index (χ1n) is 9.37. The summed E-state index contributed by atoms with van der Waals surface area (Å²) in [4.78, 5) is 16.5. The molecule has 5 nitrogen and oxygen atoms in total. The molecular weight excluding hydrogens is 427 g/mol. The Bertz CT molecular complexity index is 855. The van der Waals surface area contributed by atoms with Crippen molar-refractivity contribution in [2.24, 2.45) is 0 Å². The van der Waals surface area contributed by atoms with Crippen LogP contribution in [0.5, 0.6) is 11.5 Å². The van der Waals surface area contributed by atoms with Crippen LogP contribution in [0.2, 0.25) is 0 Å². The molecule has 1 atom stereocenters. The molecule has 2 aromatic rings. The van der Waals surface area contributed by atoms with E-state index in [-0.39, 0.29) is 18.5 Å². The van der Waals surface area contributed by atoms with Crippen LogP contribution in [-0.2, 0) is 17.8 Å². The van der Waals surface area contributed by atoms with Crippen molar-refractivity contribution in [3.63, 3.8) is 0 Å². The number of alkyl halides is 1. The molecule has 1 unspecified atom stereocenters. The molecule has 2 aliphatic heterocycles. The second-order valence-corrected chi connectivity index (χ2v) is 8.16. The van der Waals surface area contributed by atoms with Gasteiger partial charge in [-0.1, -0.05) is 40.2 Å². The van der Waals surface area contributed by atoms with Crippen LogP contribution in [0.3, 0.4) is 0 Å². The van der Waals surface area contributed by atoms with Crippen molar-refractivity contribution in [3.05, 3.63) is 59.4 Å². The van der Waals surface area contributed by atoms with Gasteiger partial charge in [0, 0.05) is 32.7 Å². The highest BCUT2D eigenvalue weighted by molar-refractivity contribution is 9.10. The van der Waals surface area contributed by atoms with E-state index >= 15 is 0 Å². The number of carbonyl (C=O) groups is 1. The van der Waals surface area contributed by atoms with Gasteiger partial charge in [-0.05, 0) is 35.7 Å². The van der Waals surface area contributed by atoms with Crippen molar-refractivity contribution in [3.8, 4) is 11.5 Å². The molecule has 1 fully saturated rings. The first-order valence-corrected chi connectivity index (χ1v) is 10.3. The number of carbonyl (C=O) groups excluding carboxylic acids is 1. The van der Waals surface area contributed by atoms with Gasteiger partial charge in [0.15, 0.2) is 11.5 Å². The topological polar surface area (TPSA) is 42.0 Å². The maximum Gasteiger partial charge on any atom is 0.236 e. The zero-order valence-corrected chi connectivity index (χ0v) is 17.0. The Hall–Kier alpha value is -2.12. The van der Waals surface area contributed by atoms with E-state index in [0.29, 0.717) is 25.1 Å². The fraction of sp³-hybridized carbons (Fsp3) is 0.381. The molecule has 2 heterocycles. The number of amides is 1. The average molecular weight is 449 g/mol. The number of piperazine rings is 1. The highest BCUT2D eigenvalue weighted by atomic mass is 79.9. The van der Waals surface area contributed by atoms with Crippen LogP contribution in [-0.4, -0.2) is 53.5 Å². The van der Waals surface area contributed by atoms with Crippen molar-refractivity contribution >= 4 is 21.8 Å². The van der Waals surface area contributed by atoms with Crippen LogP contribution in [0.1, 0.15) is 11.1 Å². The molecule has 0 aliphatic carbocycles. The van der Waals surface area contributed by atoms with Gasteiger partial charge in [-0.15, -0.1) is 0 Å². The molecule has 0 saturated carbocycles. The average Bonchev–Trinajstić information content (AvgIpc) is 3.17. The molecule has 0 bridgehead atoms. The number of hydrogen-bond donors (Lipinski definition) is 0. The molecular formula is C21H22BrFN2O3. The van der Waals surface area contributed by atoms with Crippen molar-refractivity contribution in [2.45, 2.75) is 17.8 Å². The summed E-state index contributed by atoms with van der Waals surface area (Å²) < 4.78 is 24.6. The lowest BCUT2D eigenvalue weighted by molar-refractivity contribution is -0.132. The van der Waals surface area contributed by atoms with Gasteiger partial charge in [0.05, 0.1) is 4.83 Å². The third-order valence-corrected chi connectivity index (χ3v) is 5.87. The predicted octanol–water partition coefficient (Wildman–Crippen LogP) is 3.20. The fourth-order valence-electron chi connectivity index (χ4n) is 3.57. The first-order chi connectivity index (χ1) is 13.6. The lowest BCUT2D eigenvalue weighted by Gasteiger charge is -2.35. The summed E-state index contributed by atoms with van der Waals surface area (Å²) in [5.74, 6) is 1.33. The first kappa shape index (κ1) is 19.2. The molecule has 4 rings (SSSR count). The van der Waals surface area contributed by atoms with Gasteiger partial charge in [-0.2, -0.15) is 0 Å². The third kappa shape index (κ3) is 4.31. The van der Waals surface area contributed by atoms with Gasteiger partial charge < -0.3 is 14.4 Å². The Labute approximate surface area is 172 Å². The molecule has 148 valence electrons. The van der Waals surface area contributed by atoms with Gasteiger partial charge in [0.25, 0.3) is 0 Å². The number of hydrogen-bond acceptors (Lipinski definition) is 4. The molecule has 1 saturated heterocycles. The largest absolute Gasteiger partial charge is 0.454 e. The molecule has 0 aromatic heterocycles. The van der Waals surface area contributed by atoms with Gasteiger partial charge >= 0.3 is 0 Å². The maximum absolute atomic E-state index is 13.8. The molecule has 2 aliphatic rings. The number of halogens is 2. The Morgan fingerprint density at radius 1 is 1.07 bits per heavy atom. The Morgan fingerprint density at radius 2 is 1.82 bits per heavy atom. The summed E-state index contributed by atoms with van der Waals surface area (Å²) in [5, 5.41) is 0. The minimum absolute atomic E-state index is 0.0194. The lowest BCUT2D eigenvalue weighted by Crippen LogP contribution is -2.50. The normalized spacial score (nSPS) is 17.6. The van der Waals surface area contributed by atoms with Gasteiger partial charge in [0.2, 0.25) is 12.7 Å². The van der Waals surface area contributed by atoms with Crippen LogP contribution in [0, 0.1) is 5.82 Å². The summed E-state index contributed by atoms with van der Waals surface area (Å²) in [5.41, 5.74) is 1.72. The smallest absolute Gasteiger partial charge is 0.236 e. The van der Waals surface area contributed by atoms with Gasteiger partial charge in [-0.3, -0.25) is 9.69 Å². The summed E-state index contributed by atoms with van der Waals surface area (Å²) in [6.07, 6.45) is 0.350. The molecule has 0 spiro atoms. The SMILES string of the molecule is O=C(C(Br)Cc1ccccc1F)N1CCN(Cc2ccc3c(c2)OCO3)CC1. The molecule has 7 heteroatoms. The predicted molar refractivity (Wildman–Crippen MR) is 107 cm³/mol. The lowest BCUT2D eigenvalue weighted by atomic mass is 10.1. The minimum Gasteiger partial charge on any atom is -0.454 e. The van der Waals surface area contributed by atoms with E-state index in [1.54, 1.807) is 18.2 Å². The number of rotatable bonds is 5. The van der Waals surface area contributed by atoms with Crippen LogP contribution < -0.4 is 9.47 Å². The van der Waals surface area contributed by atoms with Crippen molar-refractivity contribution in [2.75, 3.05) is 33.0 Å². The van der Waals surface area contributed by atoms with E-state index in [2.05, 4.69) is 20.8 Å². The van der Waals surface area contributed by atoms with Gasteiger partial charge in [-0.25, -0.2) is 4.39 Å². The molecule has 1 amide bonds. The molecule has 0 radical (unpaired) electrons. The van der Waals surface area contributed by atoms with Crippen LogP contribution in [0.15, 0.2) is 42.5 Å². The standard InChI is InChI=1S/C21H22BrFN2O3/c22-17(12-16-3-1-2-4-18(16)23)21(26)25-9-7-24(8-10-25)13-15-5-6-19-20(11-15)28-14-27-19/h1-6,11,17H,7-10,12-14H2. The third-order valence-electron chi connectivity index (χ3n) is 5.15. The number of nitrogens with zero attached hydrogens (tertiary/aromatic N) is 2. The molecule has 2 aromatic carbocycles. The Kier molecular flexibility index (Phi) is 5.82. The molecule has 28 heavy (non-hydrogen) atoms. The van der Waals surface area contributed by atoms with Gasteiger partial charge in [0.1, 0.15) is 5.82 Å². The number of ether oxygens (including phenoxy) is 2. The zero-order valence-electron chi connectivity index (χ0n) is 15.4. The summed E-state index contributed by atoms with van der Waals surface area (Å²) in [6, 6.07) is 12.6. The fourth-order valence-corrected chi connectivity index (χ4v) is 4.20. The summed E-state index contributed by atoms with van der Waals surface area (Å²) >= 11 is 3.45. The minimum atomic E-state index is -0.412. The van der Waals surface area contributed by atoms with Crippen molar-refractivity contribution in [1.29, 1.82) is 0 Å². The van der Waals surface area contributed by atoms with Crippen LogP contribution in [0.4, 0.5) is 4.39 Å². The van der Waals surface area contributed by atoms with E-state index in [1.807, 2.05) is 23.1 Å². The van der Waals surface area contributed by atoms with Crippen LogP contribution in [0.25, 0.3) is 0 Å². The van der Waals surface area contributed by atoms with E-state index in [0.717, 1.165) is 31.1 Å². The Morgan fingerprint density at radius 3 is 2.61 bits per heavy atom. The van der Waals surface area contributed by atoms with E-state index in [1.165, 1.54) is 11.6 Å². The van der Waals surface area contributed by atoms with E-state index < -0.39 is 4.83 Å². The highest BCUT2D eigenvalue weighted by Gasteiger charge is 2.27. The quantitative estimate of drug-likeness (QED) is 0.658. The van der Waals surface area contributed by atoms with Crippen molar-refractivity contribution < 1.29 is 18.7 Å². The van der Waals surface area contributed by atoms with E-state index in [9.17, 15) is 9.18 Å². The highest BCUT2D eigenvalue weighted by Crippen LogP contribution is 2.32. The number of fused-ring (bicyclic) bond motifs is 1. The Balaban J connectivity index is 1.28. The maximum atomic E-state index is 13.8. The number of benzene rings is 2. The molecule has 0 N–H and O–H groups in total. The van der Waals surface area contributed by atoms with Crippen LogP contribution >= 0.6 is 15.9 Å². The van der Waals surface area contributed by atoms with E-state index in [4.69, 9.17) is 9.47 Å². The monoisotopic (exact) mass is 448 g/mol.